The summed E-state index contributed by atoms with van der Waals surface area (Å²) in [6.07, 6.45) is 3.01. The van der Waals surface area contributed by atoms with E-state index in [-0.39, 0.29) is 42.1 Å². The molecule has 7 N–H and O–H groups in total. The number of amides is 1. The highest BCUT2D eigenvalue weighted by molar-refractivity contribution is 6.05. The van der Waals surface area contributed by atoms with Gasteiger partial charge in [-0.25, -0.2) is 24.4 Å². The van der Waals surface area contributed by atoms with Gasteiger partial charge in [-0.3, -0.25) is 19.4 Å². The molecule has 1 aliphatic rings. The fourth-order valence-electron chi connectivity index (χ4n) is 3.06. The first-order valence-corrected chi connectivity index (χ1v) is 11.1. The maximum atomic E-state index is 12.3. The summed E-state index contributed by atoms with van der Waals surface area (Å²) in [5, 5.41) is 23.2. The first-order chi connectivity index (χ1) is 18.5. The number of nitrogens with one attached hydrogen (secondary N) is 3. The van der Waals surface area contributed by atoms with Crippen molar-refractivity contribution >= 4 is 52.6 Å². The molecule has 16 heteroatoms. The van der Waals surface area contributed by atoms with Gasteiger partial charge in [-0.05, 0) is 30.7 Å². The molecule has 0 radical (unpaired) electrons. The summed E-state index contributed by atoms with van der Waals surface area (Å²) in [5.41, 5.74) is 6.47. The highest BCUT2D eigenvalue weighted by Gasteiger charge is 2.21. The number of nitrogens with two attached hydrogens (primary N) is 1. The first-order valence-electron chi connectivity index (χ1n) is 11.1. The number of hydrogen-bond donors (Lipinski definition) is 6. The average Bonchev–Trinajstić information content (AvgIpc) is 3.27. The third-order valence-electron chi connectivity index (χ3n) is 4.91. The Kier molecular flexibility index (Phi) is 8.97. The van der Waals surface area contributed by atoms with E-state index >= 15 is 0 Å². The van der Waals surface area contributed by atoms with Gasteiger partial charge in [-0.2, -0.15) is 4.98 Å². The monoisotopic (exact) mass is 539 g/mol. The Morgan fingerprint density at radius 1 is 1.03 bits per heavy atom. The zero-order valence-corrected chi connectivity index (χ0v) is 19.9. The lowest BCUT2D eigenvalue weighted by atomic mass is 10.1. The Labute approximate surface area is 217 Å². The van der Waals surface area contributed by atoms with Gasteiger partial charge in [0.05, 0.1) is 18.4 Å². The molecule has 0 saturated carbocycles. The van der Waals surface area contributed by atoms with E-state index in [2.05, 4.69) is 35.3 Å². The van der Waals surface area contributed by atoms with E-state index in [1.165, 1.54) is 18.3 Å². The molecule has 1 amide bonds. The maximum absolute atomic E-state index is 12.3. The summed E-state index contributed by atoms with van der Waals surface area (Å²) in [6, 6.07) is 4.86. The third kappa shape index (κ3) is 8.17. The highest BCUT2D eigenvalue weighted by Crippen LogP contribution is 2.12. The van der Waals surface area contributed by atoms with Crippen molar-refractivity contribution in [1.29, 1.82) is 0 Å². The van der Waals surface area contributed by atoms with Crippen LogP contribution in [-0.4, -0.2) is 66.0 Å². The van der Waals surface area contributed by atoms with E-state index in [9.17, 15) is 28.8 Å². The van der Waals surface area contributed by atoms with Gasteiger partial charge >= 0.3 is 23.9 Å². The van der Waals surface area contributed by atoms with Crippen LogP contribution in [0, 0.1) is 0 Å². The number of carbonyl (C=O) groups excluding carboxylic acids is 3. The molecule has 16 nitrogen and oxygen atoms in total. The summed E-state index contributed by atoms with van der Waals surface area (Å²) in [5.74, 6) is -4.31. The molecule has 39 heavy (non-hydrogen) atoms. The smallest absolute Gasteiger partial charge is 0.338 e. The number of fused-ring (bicyclic) bond motifs is 1. The minimum atomic E-state index is -1.31. The standard InChI is InChI=1S/C19H19N7O6.C4H2O3/c20-19-25-15-14(17(30)26-19)23-11(8-22-15)7-21-10-3-1-9(2-4-10)16(29)24-12(18(31)32)5-6-13(27)28;5-3-1-2-4(6)7-3/h1-4,8,12,21H,5-7H2,(H,24,29)(H,27,28)(H,31,32)(H3,20,22,25,26,30);1-2H. The number of anilines is 2. The molecule has 0 aliphatic carbocycles. The fourth-order valence-corrected chi connectivity index (χ4v) is 3.06. The number of nitrogens with zero attached hydrogens (tertiary/aromatic N) is 3. The topological polar surface area (TPSA) is 257 Å². The van der Waals surface area contributed by atoms with Crippen molar-refractivity contribution in [3.8, 4) is 0 Å². The molecular formula is C23H21N7O9. The molecule has 1 unspecified atom stereocenters. The normalized spacial score (nSPS) is 12.7. The second-order valence-corrected chi connectivity index (χ2v) is 7.79. The van der Waals surface area contributed by atoms with Crippen LogP contribution < -0.4 is 21.9 Å². The molecule has 3 heterocycles. The molecule has 0 fully saturated rings. The van der Waals surface area contributed by atoms with E-state index < -0.39 is 41.4 Å². The van der Waals surface area contributed by atoms with Crippen molar-refractivity contribution in [2.24, 2.45) is 0 Å². The van der Waals surface area contributed by atoms with Crippen LogP contribution in [0.3, 0.4) is 0 Å². The number of benzene rings is 1. The number of carboxylic acid groups (broad SMARTS) is 2. The molecule has 202 valence electrons. The third-order valence-corrected chi connectivity index (χ3v) is 4.91. The largest absolute Gasteiger partial charge is 0.481 e. The van der Waals surface area contributed by atoms with Crippen LogP contribution in [0.5, 0.6) is 0 Å². The van der Waals surface area contributed by atoms with E-state index in [1.54, 1.807) is 12.1 Å². The van der Waals surface area contributed by atoms with Gasteiger partial charge in [0.1, 0.15) is 6.04 Å². The van der Waals surface area contributed by atoms with Gasteiger partial charge in [0.25, 0.3) is 11.5 Å². The quantitative estimate of drug-likeness (QED) is 0.149. The number of ether oxygens (including phenoxy) is 1. The number of carbonyl (C=O) groups is 5. The Bertz CT molecular complexity index is 1500. The Balaban J connectivity index is 0.000000520. The summed E-state index contributed by atoms with van der Waals surface area (Å²) in [7, 11) is 0. The number of aliphatic carboxylic acids is 2. The van der Waals surface area contributed by atoms with Gasteiger partial charge in [0.15, 0.2) is 11.2 Å². The molecule has 1 atom stereocenters. The minimum absolute atomic E-state index is 0.0524. The molecule has 0 spiro atoms. The Morgan fingerprint density at radius 3 is 2.26 bits per heavy atom. The second-order valence-electron chi connectivity index (χ2n) is 7.79. The van der Waals surface area contributed by atoms with E-state index in [0.717, 1.165) is 12.2 Å². The number of esters is 2. The fraction of sp³-hybridized carbons (Fsp3) is 0.174. The van der Waals surface area contributed by atoms with E-state index in [1.807, 2.05) is 0 Å². The molecule has 4 rings (SSSR count). The maximum Gasteiger partial charge on any atom is 0.338 e. The van der Waals surface area contributed by atoms with Crippen LogP contribution >= 0.6 is 0 Å². The van der Waals surface area contributed by atoms with Gasteiger partial charge in [0, 0.05) is 29.8 Å². The van der Waals surface area contributed by atoms with Gasteiger partial charge in [-0.1, -0.05) is 0 Å². The number of aromatic nitrogens is 4. The van der Waals surface area contributed by atoms with Crippen molar-refractivity contribution in [3.05, 3.63) is 64.2 Å². The van der Waals surface area contributed by atoms with Gasteiger partial charge in [0.2, 0.25) is 5.95 Å². The number of carboxylic acids is 2. The van der Waals surface area contributed by atoms with Crippen molar-refractivity contribution in [2.45, 2.75) is 25.4 Å². The molecule has 3 aromatic rings. The Hall–Kier alpha value is -5.67. The SMILES string of the molecule is Nc1nc2ncc(CNc3ccc(C(=O)NC(CCC(=O)O)C(=O)O)cc3)nc2c(=O)[nH]1.O=C1C=CC(=O)O1. The number of aromatic amines is 1. The lowest BCUT2D eigenvalue weighted by molar-refractivity contribution is -0.150. The summed E-state index contributed by atoms with van der Waals surface area (Å²) >= 11 is 0. The van der Waals surface area contributed by atoms with Crippen LogP contribution in [-0.2, 0) is 30.5 Å². The lowest BCUT2D eigenvalue weighted by Crippen LogP contribution is -2.41. The number of hydrogen-bond acceptors (Lipinski definition) is 12. The molecule has 0 bridgehead atoms. The number of H-pyrrole nitrogens is 1. The predicted molar refractivity (Wildman–Crippen MR) is 132 cm³/mol. The van der Waals surface area contributed by atoms with Crippen molar-refractivity contribution in [1.82, 2.24) is 25.3 Å². The summed E-state index contributed by atoms with van der Waals surface area (Å²) in [6.45, 7) is 0.231. The summed E-state index contributed by atoms with van der Waals surface area (Å²) < 4.78 is 3.97. The number of nitrogen functional groups attached to an aromatic ring is 1. The molecule has 0 saturated heterocycles. The van der Waals surface area contributed by atoms with Crippen molar-refractivity contribution in [2.75, 3.05) is 11.1 Å². The first kappa shape index (κ1) is 27.9. The van der Waals surface area contributed by atoms with Crippen LogP contribution in [0.25, 0.3) is 11.2 Å². The zero-order valence-electron chi connectivity index (χ0n) is 19.9. The number of rotatable bonds is 9. The van der Waals surface area contributed by atoms with Crippen LogP contribution in [0.4, 0.5) is 11.6 Å². The van der Waals surface area contributed by atoms with Crippen molar-refractivity contribution in [3.63, 3.8) is 0 Å². The zero-order chi connectivity index (χ0) is 28.5. The molecule has 1 aromatic carbocycles. The average molecular weight is 539 g/mol. The minimum Gasteiger partial charge on any atom is -0.481 e. The van der Waals surface area contributed by atoms with Crippen LogP contribution in [0.15, 0.2) is 47.4 Å². The second kappa shape index (κ2) is 12.5. The molecule has 1 aliphatic heterocycles. The van der Waals surface area contributed by atoms with Gasteiger partial charge in [-0.15, -0.1) is 0 Å². The van der Waals surface area contributed by atoms with Crippen LogP contribution in [0.2, 0.25) is 0 Å². The van der Waals surface area contributed by atoms with E-state index in [0.29, 0.717) is 11.4 Å². The summed E-state index contributed by atoms with van der Waals surface area (Å²) in [4.78, 5) is 80.4. The highest BCUT2D eigenvalue weighted by atomic mass is 16.6. The lowest BCUT2D eigenvalue weighted by Gasteiger charge is -2.14. The predicted octanol–water partition coefficient (Wildman–Crippen LogP) is -0.419. The number of cyclic esters (lactones) is 2. The van der Waals surface area contributed by atoms with E-state index in [4.69, 9.17) is 15.9 Å². The molecule has 2 aromatic heterocycles. The Morgan fingerprint density at radius 2 is 1.69 bits per heavy atom. The molecular weight excluding hydrogens is 518 g/mol. The van der Waals surface area contributed by atoms with Gasteiger partial charge < -0.3 is 31.3 Å². The van der Waals surface area contributed by atoms with Crippen LogP contribution in [0.1, 0.15) is 28.9 Å². The van der Waals surface area contributed by atoms with Crippen molar-refractivity contribution < 1.29 is 38.9 Å².